The first-order chi connectivity index (χ1) is 29.6. The van der Waals surface area contributed by atoms with Crippen LogP contribution in [-0.2, 0) is 43.1 Å². The molecule has 0 spiro atoms. The van der Waals surface area contributed by atoms with Crippen LogP contribution >= 0.6 is 12.4 Å². The summed E-state index contributed by atoms with van der Waals surface area (Å²) in [5.74, 6) is -4.35. The molecule has 2 heterocycles. The van der Waals surface area contributed by atoms with Crippen LogP contribution in [0.3, 0.4) is 0 Å². The molecule has 4 aliphatic carbocycles. The molecule has 10 atom stereocenters. The first-order valence-corrected chi connectivity index (χ1v) is 23.2. The molecule has 4 saturated carbocycles. The van der Waals surface area contributed by atoms with Gasteiger partial charge in [-0.1, -0.05) is 94.9 Å². The lowest BCUT2D eigenvalue weighted by atomic mass is 9.85. The van der Waals surface area contributed by atoms with Gasteiger partial charge in [0.2, 0.25) is 35.2 Å². The summed E-state index contributed by atoms with van der Waals surface area (Å²) in [7, 11) is 0. The van der Waals surface area contributed by atoms with Gasteiger partial charge in [-0.2, -0.15) is 0 Å². The number of ether oxygens (including phenoxy) is 1. The summed E-state index contributed by atoms with van der Waals surface area (Å²) < 4.78 is 5.38. The lowest BCUT2D eigenvalue weighted by Gasteiger charge is -2.38. The van der Waals surface area contributed by atoms with Crippen LogP contribution in [0.2, 0.25) is 0 Å². The van der Waals surface area contributed by atoms with Crippen molar-refractivity contribution in [1.29, 1.82) is 0 Å². The van der Waals surface area contributed by atoms with Crippen molar-refractivity contribution in [3.8, 4) is 0 Å². The van der Waals surface area contributed by atoms with Gasteiger partial charge in [-0.15, -0.1) is 12.4 Å². The number of halogens is 1. The highest BCUT2D eigenvalue weighted by Gasteiger charge is 2.71. The van der Waals surface area contributed by atoms with Crippen molar-refractivity contribution in [2.45, 2.75) is 170 Å². The Labute approximate surface area is 395 Å². The summed E-state index contributed by atoms with van der Waals surface area (Å²) in [6.07, 6.45) is 3.89. The maximum atomic E-state index is 13.8. The molecule has 2 saturated heterocycles. The third-order valence-corrected chi connectivity index (χ3v) is 14.8. The van der Waals surface area contributed by atoms with E-state index in [1.165, 1.54) is 4.90 Å². The van der Waals surface area contributed by atoms with Crippen molar-refractivity contribution in [3.63, 3.8) is 0 Å². The van der Waals surface area contributed by atoms with Gasteiger partial charge in [0.05, 0.1) is 18.1 Å². The Morgan fingerprint density at radius 2 is 0.970 bits per heavy atom. The number of hydrogen-bond donors (Lipinski definition) is 6. The van der Waals surface area contributed by atoms with Gasteiger partial charge in [0.1, 0.15) is 23.7 Å². The van der Waals surface area contributed by atoms with Crippen LogP contribution in [0.4, 0.5) is 4.79 Å². The highest BCUT2D eigenvalue weighted by molar-refractivity contribution is 6.38. The Kier molecular flexibility index (Phi) is 15.6. The molecule has 19 heteroatoms. The molecule has 0 aromatic rings. The number of piperidine rings is 2. The van der Waals surface area contributed by atoms with Gasteiger partial charge >= 0.3 is 6.09 Å². The zero-order valence-corrected chi connectivity index (χ0v) is 42.0. The summed E-state index contributed by atoms with van der Waals surface area (Å²) in [6.45, 7) is 25.5. The number of rotatable bonds is 15. The molecule has 0 aromatic carbocycles. The van der Waals surface area contributed by atoms with Crippen LogP contribution in [0.1, 0.15) is 129 Å². The predicted octanol–water partition coefficient (Wildman–Crippen LogP) is 2.35. The van der Waals surface area contributed by atoms with Crippen molar-refractivity contribution in [2.75, 3.05) is 13.1 Å². The van der Waals surface area contributed by atoms with E-state index in [1.54, 1.807) is 25.7 Å². The number of Topliss-reactive ketones (excluding diaryl/α,β-unsaturated/α-hetero) is 2. The minimum absolute atomic E-state index is 0. The number of fused-ring (bicyclic) bond motifs is 2. The molecule has 18 nitrogen and oxygen atoms in total. The minimum atomic E-state index is -1.08. The standard InChI is InChI=1S/C26H42N4O6.C21H34N4O4.ClH/c1-24(2,3)19(29-23(35)36-25(4,5)6)22(34)30-12-14-16(26(14,7)8)17(30)21(33)28-15(11-13-9-10-13)18(31)20(27)32;1-20(2,3)16(22)19(29)25-9-11-13(21(11,4)5)14(25)18(28)24-12(8-10-6-7-10)15(26)17(23)27;/h13-17,19H,9-12H2,1-8H3,(H2,27,32)(H,28,33)(H,29,35);10-14,16H,6-9,22H2,1-5H3,(H2,23,27)(H,24,28);1H/t14-,15?,16-,17-,19+;11-,12?,13-,14-,16+;/m00./s1. The lowest BCUT2D eigenvalue weighted by Crippen LogP contribution is -2.60. The molecule has 2 unspecified atom stereocenters. The predicted molar refractivity (Wildman–Crippen MR) is 247 cm³/mol. The van der Waals surface area contributed by atoms with Gasteiger partial charge < -0.3 is 47.7 Å². The fourth-order valence-electron chi connectivity index (χ4n) is 10.1. The number of nitrogens with two attached hydrogens (primary N) is 3. The molecule has 66 heavy (non-hydrogen) atoms. The lowest BCUT2D eigenvalue weighted by molar-refractivity contribution is -0.145. The molecule has 6 rings (SSSR count). The fraction of sp³-hybridized carbons (Fsp3) is 0.809. The first-order valence-electron chi connectivity index (χ1n) is 23.2. The smallest absolute Gasteiger partial charge is 0.408 e. The number of ketones is 2. The highest BCUT2D eigenvalue weighted by Crippen LogP contribution is 2.66. The quantitative estimate of drug-likeness (QED) is 0.130. The Bertz CT molecular complexity index is 1960. The monoisotopic (exact) mass is 949 g/mol. The third-order valence-electron chi connectivity index (χ3n) is 14.8. The molecule has 9 N–H and O–H groups in total. The molecule has 0 aromatic heterocycles. The third kappa shape index (κ3) is 12.0. The second kappa shape index (κ2) is 19.0. The molecule has 6 aliphatic rings. The van der Waals surface area contributed by atoms with Gasteiger partial charge in [0, 0.05) is 13.1 Å². The van der Waals surface area contributed by atoms with Crippen molar-refractivity contribution < 1.29 is 47.9 Å². The van der Waals surface area contributed by atoms with Crippen molar-refractivity contribution in [1.82, 2.24) is 25.8 Å². The molecular weight excluding hydrogens is 872 g/mol. The number of primary amides is 2. The van der Waals surface area contributed by atoms with E-state index in [-0.39, 0.29) is 64.6 Å². The molecule has 7 amide bonds. The molecule has 0 radical (unpaired) electrons. The van der Waals surface area contributed by atoms with E-state index in [1.807, 2.05) is 41.5 Å². The van der Waals surface area contributed by atoms with Crippen LogP contribution in [-0.4, -0.2) is 118 Å². The van der Waals surface area contributed by atoms with Crippen LogP contribution in [0.15, 0.2) is 0 Å². The number of hydrogen-bond acceptors (Lipinski definition) is 11. The number of nitrogens with zero attached hydrogens (tertiary/aromatic N) is 2. The Hall–Kier alpha value is -4.32. The number of carbonyl (C=O) groups excluding carboxylic acids is 9. The largest absolute Gasteiger partial charge is 0.444 e. The van der Waals surface area contributed by atoms with Gasteiger partial charge in [0.25, 0.3) is 11.8 Å². The van der Waals surface area contributed by atoms with Crippen LogP contribution in [0, 0.1) is 57.2 Å². The molecule has 372 valence electrons. The summed E-state index contributed by atoms with van der Waals surface area (Å²) in [4.78, 5) is 117. The van der Waals surface area contributed by atoms with E-state index >= 15 is 0 Å². The maximum Gasteiger partial charge on any atom is 0.408 e. The van der Waals surface area contributed by atoms with Crippen LogP contribution in [0.5, 0.6) is 0 Å². The topological polar surface area (TPSA) is 283 Å². The normalized spacial score (nSPS) is 27.4. The number of nitrogens with one attached hydrogen (secondary N) is 3. The number of carbonyl (C=O) groups is 9. The zero-order valence-electron chi connectivity index (χ0n) is 41.2. The summed E-state index contributed by atoms with van der Waals surface area (Å²) in [6, 6.07) is -5.09. The van der Waals surface area contributed by atoms with Gasteiger partial charge in [0.15, 0.2) is 0 Å². The van der Waals surface area contributed by atoms with Crippen LogP contribution in [0.25, 0.3) is 0 Å². The van der Waals surface area contributed by atoms with E-state index < -0.39 is 94.0 Å². The molecule has 6 fully saturated rings. The van der Waals surface area contributed by atoms with E-state index in [0.717, 1.165) is 25.7 Å². The first kappa shape index (κ1) is 54.3. The Balaban J connectivity index is 0.000000290. The molecule has 0 bridgehead atoms. The summed E-state index contributed by atoms with van der Waals surface area (Å²) >= 11 is 0. The second-order valence-electron chi connectivity index (χ2n) is 24.0. The molecular formula is C47H77ClN8O10. The van der Waals surface area contributed by atoms with Gasteiger partial charge in [-0.3, -0.25) is 38.4 Å². The Morgan fingerprint density at radius 3 is 1.27 bits per heavy atom. The maximum absolute atomic E-state index is 13.8. The Morgan fingerprint density at radius 1 is 0.606 bits per heavy atom. The number of alkyl carbamates (subject to hydrolysis) is 1. The van der Waals surface area contributed by atoms with Crippen LogP contribution < -0.4 is 33.2 Å². The average molecular weight is 950 g/mol. The van der Waals surface area contributed by atoms with E-state index in [2.05, 4.69) is 43.6 Å². The summed E-state index contributed by atoms with van der Waals surface area (Å²) in [5, 5.41) is 8.20. The highest BCUT2D eigenvalue weighted by atomic mass is 35.5. The van der Waals surface area contributed by atoms with E-state index in [0.29, 0.717) is 31.8 Å². The second-order valence-corrected chi connectivity index (χ2v) is 24.0. The zero-order chi connectivity index (χ0) is 49.3. The minimum Gasteiger partial charge on any atom is -0.444 e. The van der Waals surface area contributed by atoms with Gasteiger partial charge in [-0.25, -0.2) is 4.79 Å². The SMILES string of the molecule is CC(C)(C)OC(=O)N[C@H](C(=O)N1C[C@H]2[C@@H]([C@H]1C(=O)NC(CC1CC1)C(=O)C(N)=O)C2(C)C)C(C)(C)C.CC(C)(C)[C@H](N)C(=O)N1C[C@H]2[C@@H]([C@H]1C(=O)NC(CC1CC1)C(=O)C(N)=O)C2(C)C.Cl. The van der Waals surface area contributed by atoms with Crippen molar-refractivity contribution in [3.05, 3.63) is 0 Å². The van der Waals surface area contributed by atoms with E-state index in [4.69, 9.17) is 21.9 Å². The fourth-order valence-corrected chi connectivity index (χ4v) is 10.1. The number of amides is 7. The van der Waals surface area contributed by atoms with E-state index in [9.17, 15) is 43.2 Å². The summed E-state index contributed by atoms with van der Waals surface area (Å²) in [5.41, 5.74) is 14.6. The van der Waals surface area contributed by atoms with Gasteiger partial charge in [-0.05, 0) is 90.8 Å². The van der Waals surface area contributed by atoms with Crippen molar-refractivity contribution in [2.24, 2.45) is 74.4 Å². The van der Waals surface area contributed by atoms with Crippen molar-refractivity contribution >= 4 is 65.5 Å². The number of likely N-dealkylation sites (tertiary alicyclic amines) is 2. The average Bonchev–Trinajstić information content (AvgIpc) is 4.14. The molecule has 2 aliphatic heterocycles.